The summed E-state index contributed by atoms with van der Waals surface area (Å²) in [6.07, 6.45) is -0.582. The number of carboxylic acid groups (broad SMARTS) is 2. The average Bonchev–Trinajstić information content (AvgIpc) is 2.75. The monoisotopic (exact) mass is 489 g/mol. The Bertz CT molecular complexity index is 755. The van der Waals surface area contributed by atoms with Gasteiger partial charge in [0.25, 0.3) is 0 Å². The van der Waals surface area contributed by atoms with Crippen LogP contribution in [0.3, 0.4) is 0 Å². The lowest BCUT2D eigenvalue weighted by atomic mass is 10.0. The van der Waals surface area contributed by atoms with E-state index < -0.39 is 73.3 Å². The molecule has 15 nitrogen and oxygen atoms in total. The first-order valence-electron chi connectivity index (χ1n) is 10.6. The highest BCUT2D eigenvalue weighted by atomic mass is 16.4. The van der Waals surface area contributed by atoms with E-state index >= 15 is 0 Å². The maximum atomic E-state index is 12.8. The predicted octanol–water partition coefficient (Wildman–Crippen LogP) is -3.58. The molecule has 0 rings (SSSR count). The molecule has 12 N–H and O–H groups in total. The third kappa shape index (κ3) is 12.0. The van der Waals surface area contributed by atoms with Crippen molar-refractivity contribution in [2.24, 2.45) is 28.1 Å². The highest BCUT2D eigenvalue weighted by Gasteiger charge is 2.30. The van der Waals surface area contributed by atoms with Crippen molar-refractivity contribution in [1.82, 2.24) is 16.0 Å². The van der Waals surface area contributed by atoms with Crippen molar-refractivity contribution in [2.75, 3.05) is 13.2 Å². The molecule has 0 spiro atoms. The zero-order valence-corrected chi connectivity index (χ0v) is 19.2. The quantitative estimate of drug-likeness (QED) is 0.0580. The van der Waals surface area contributed by atoms with Gasteiger partial charge in [0, 0.05) is 13.0 Å². The van der Waals surface area contributed by atoms with Gasteiger partial charge >= 0.3 is 11.9 Å². The third-order valence-electron chi connectivity index (χ3n) is 4.68. The number of nitrogens with zero attached hydrogens (tertiary/aromatic N) is 1. The van der Waals surface area contributed by atoms with Crippen LogP contribution in [0.5, 0.6) is 0 Å². The number of nitrogens with two attached hydrogens (primary N) is 3. The number of carbonyl (C=O) groups is 5. The summed E-state index contributed by atoms with van der Waals surface area (Å²) in [5.74, 6) is -5.60. The Morgan fingerprint density at radius 1 is 0.853 bits per heavy atom. The lowest BCUT2D eigenvalue weighted by molar-refractivity contribution is -0.143. The van der Waals surface area contributed by atoms with Gasteiger partial charge in [-0.1, -0.05) is 13.8 Å². The van der Waals surface area contributed by atoms with Gasteiger partial charge in [-0.3, -0.25) is 24.2 Å². The minimum absolute atomic E-state index is 0.0648. The molecule has 15 heteroatoms. The van der Waals surface area contributed by atoms with Crippen LogP contribution in [0, 0.1) is 5.92 Å². The van der Waals surface area contributed by atoms with E-state index in [9.17, 15) is 29.1 Å². The molecule has 0 saturated carbocycles. The number of amides is 3. The Morgan fingerprint density at radius 3 is 1.85 bits per heavy atom. The van der Waals surface area contributed by atoms with Gasteiger partial charge in [0.1, 0.15) is 18.1 Å². The van der Waals surface area contributed by atoms with Crippen molar-refractivity contribution >= 4 is 35.6 Å². The summed E-state index contributed by atoms with van der Waals surface area (Å²) in [4.78, 5) is 63.3. The van der Waals surface area contributed by atoms with Crippen molar-refractivity contribution < 1.29 is 39.3 Å². The van der Waals surface area contributed by atoms with Crippen molar-refractivity contribution in [3.05, 3.63) is 0 Å². The summed E-state index contributed by atoms with van der Waals surface area (Å²) in [6.45, 7) is 2.70. The van der Waals surface area contributed by atoms with E-state index in [1.807, 2.05) is 0 Å². The van der Waals surface area contributed by atoms with Crippen LogP contribution in [-0.2, 0) is 24.0 Å². The normalized spacial score (nSPS) is 14.3. The molecule has 0 aromatic carbocycles. The third-order valence-corrected chi connectivity index (χ3v) is 4.68. The number of hydrogen-bond donors (Lipinski definition) is 9. The number of guanidine groups is 1. The Hall–Kier alpha value is -3.46. The van der Waals surface area contributed by atoms with Gasteiger partial charge in [0.2, 0.25) is 17.7 Å². The van der Waals surface area contributed by atoms with Gasteiger partial charge in [-0.2, -0.15) is 0 Å². The molecule has 4 atom stereocenters. The van der Waals surface area contributed by atoms with Gasteiger partial charge in [0.05, 0.1) is 12.6 Å². The topological polar surface area (TPSA) is 273 Å². The average molecular weight is 490 g/mol. The first-order chi connectivity index (χ1) is 15.8. The van der Waals surface area contributed by atoms with E-state index in [-0.39, 0.29) is 31.3 Å². The van der Waals surface area contributed by atoms with Crippen LogP contribution in [-0.4, -0.2) is 88.3 Å². The second kappa shape index (κ2) is 15.4. The second-order valence-electron chi connectivity index (χ2n) is 7.86. The van der Waals surface area contributed by atoms with E-state index in [0.29, 0.717) is 0 Å². The first kappa shape index (κ1) is 30.5. The number of aliphatic hydroxyl groups is 1. The Labute approximate surface area is 196 Å². The standard InChI is InChI=1S/C19H35N7O8/c1-9(2)14(20)17(32)24-10(4-3-7-23-19(21)22)15(30)26-12(8-27)16(31)25-11(18(33)34)5-6-13(28)29/h9-12,14,27H,3-8,20H2,1-2H3,(H,24,32)(H,25,31)(H,26,30)(H,28,29)(H,33,34)(H4,21,22,23). The van der Waals surface area contributed by atoms with Gasteiger partial charge in [-0.25, -0.2) is 4.79 Å². The summed E-state index contributed by atoms with van der Waals surface area (Å²) in [5.41, 5.74) is 16.3. The van der Waals surface area contributed by atoms with E-state index in [1.54, 1.807) is 13.8 Å². The summed E-state index contributed by atoms with van der Waals surface area (Å²) in [7, 11) is 0. The van der Waals surface area contributed by atoms with E-state index in [1.165, 1.54) is 0 Å². The minimum Gasteiger partial charge on any atom is -0.481 e. The number of carbonyl (C=O) groups excluding carboxylic acids is 3. The first-order valence-corrected chi connectivity index (χ1v) is 10.6. The molecule has 0 saturated heterocycles. The highest BCUT2D eigenvalue weighted by molar-refractivity contribution is 5.94. The fraction of sp³-hybridized carbons (Fsp3) is 0.684. The zero-order chi connectivity index (χ0) is 26.4. The van der Waals surface area contributed by atoms with Crippen LogP contribution in [0.2, 0.25) is 0 Å². The number of nitrogens with one attached hydrogen (secondary N) is 3. The summed E-state index contributed by atoms with van der Waals surface area (Å²) < 4.78 is 0. The van der Waals surface area contributed by atoms with Gasteiger partial charge in [0.15, 0.2) is 5.96 Å². The zero-order valence-electron chi connectivity index (χ0n) is 19.2. The number of aliphatic carboxylic acids is 2. The van der Waals surface area contributed by atoms with E-state index in [0.717, 1.165) is 0 Å². The molecular formula is C19H35N7O8. The molecule has 0 aliphatic heterocycles. The Kier molecular flexibility index (Phi) is 13.8. The van der Waals surface area contributed by atoms with Crippen LogP contribution < -0.4 is 33.2 Å². The highest BCUT2D eigenvalue weighted by Crippen LogP contribution is 2.04. The SMILES string of the molecule is CC(C)C(N)C(=O)NC(CCCN=C(N)N)C(=O)NC(CO)C(=O)NC(CCC(=O)O)C(=O)O. The Balaban J connectivity index is 5.35. The maximum Gasteiger partial charge on any atom is 0.326 e. The molecule has 0 aliphatic rings. The number of rotatable bonds is 16. The fourth-order valence-electron chi connectivity index (χ4n) is 2.61. The molecule has 0 aliphatic carbocycles. The van der Waals surface area contributed by atoms with Gasteiger partial charge < -0.3 is 48.5 Å². The predicted molar refractivity (Wildman–Crippen MR) is 120 cm³/mol. The van der Waals surface area contributed by atoms with E-state index in [2.05, 4.69) is 20.9 Å². The van der Waals surface area contributed by atoms with Crippen LogP contribution in [0.15, 0.2) is 4.99 Å². The molecule has 0 aromatic rings. The lowest BCUT2D eigenvalue weighted by Gasteiger charge is -2.25. The smallest absolute Gasteiger partial charge is 0.326 e. The lowest BCUT2D eigenvalue weighted by Crippen LogP contribution is -2.58. The second-order valence-corrected chi connectivity index (χ2v) is 7.86. The van der Waals surface area contributed by atoms with Crippen molar-refractivity contribution in [3.63, 3.8) is 0 Å². The maximum absolute atomic E-state index is 12.8. The molecular weight excluding hydrogens is 454 g/mol. The van der Waals surface area contributed by atoms with Crippen LogP contribution in [0.4, 0.5) is 0 Å². The van der Waals surface area contributed by atoms with Crippen LogP contribution in [0.1, 0.15) is 39.5 Å². The molecule has 0 aromatic heterocycles. The molecule has 0 heterocycles. The fourth-order valence-corrected chi connectivity index (χ4v) is 2.61. The van der Waals surface area contributed by atoms with Gasteiger partial charge in [-0.15, -0.1) is 0 Å². The molecule has 3 amide bonds. The Morgan fingerprint density at radius 2 is 1.38 bits per heavy atom. The van der Waals surface area contributed by atoms with Crippen molar-refractivity contribution in [3.8, 4) is 0 Å². The molecule has 4 unspecified atom stereocenters. The van der Waals surface area contributed by atoms with Crippen LogP contribution >= 0.6 is 0 Å². The summed E-state index contributed by atoms with van der Waals surface area (Å²) in [5, 5.41) is 34.2. The number of aliphatic imine (C=N–C) groups is 1. The largest absolute Gasteiger partial charge is 0.481 e. The number of hydrogen-bond acceptors (Lipinski definition) is 8. The molecule has 194 valence electrons. The minimum atomic E-state index is -1.56. The van der Waals surface area contributed by atoms with Gasteiger partial charge in [-0.05, 0) is 25.2 Å². The van der Waals surface area contributed by atoms with Crippen LogP contribution in [0.25, 0.3) is 0 Å². The number of carboxylic acids is 2. The molecule has 0 fully saturated rings. The number of aliphatic hydroxyl groups excluding tert-OH is 1. The van der Waals surface area contributed by atoms with E-state index in [4.69, 9.17) is 27.4 Å². The summed E-state index contributed by atoms with van der Waals surface area (Å²) in [6, 6.07) is -5.17. The summed E-state index contributed by atoms with van der Waals surface area (Å²) >= 11 is 0. The molecule has 34 heavy (non-hydrogen) atoms. The van der Waals surface area contributed by atoms with Crippen molar-refractivity contribution in [2.45, 2.75) is 63.7 Å². The van der Waals surface area contributed by atoms with Crippen molar-refractivity contribution in [1.29, 1.82) is 0 Å². The molecule has 0 radical (unpaired) electrons. The molecule has 0 bridgehead atoms.